The van der Waals surface area contributed by atoms with Crippen LogP contribution in [0.15, 0.2) is 48.5 Å². The Morgan fingerprint density at radius 2 is 1.58 bits per heavy atom. The highest BCUT2D eigenvalue weighted by Crippen LogP contribution is 2.23. The topological polar surface area (TPSA) is 61.8 Å². The third-order valence-corrected chi connectivity index (χ3v) is 3.83. The lowest BCUT2D eigenvalue weighted by Gasteiger charge is -2.11. The number of hydrogen-bond donors (Lipinski definition) is 0. The molecule has 2 rings (SSSR count). The molecule has 26 heavy (non-hydrogen) atoms. The molecular weight excluding hydrogens is 356 g/mol. The maximum Gasteiger partial charge on any atom is 0.331 e. The molecule has 0 fully saturated rings. The standard InChI is InChI=1S/C20H19ClO5/c1-13(20(23)15-5-7-16(21)8-6-15)26-19(22)9-4-14-10-17(24-2)12-18(11-14)25-3/h4-13H,1-3H3/b9-4+/t13-/m1/s1. The van der Waals surface area contributed by atoms with Crippen molar-refractivity contribution in [3.8, 4) is 11.5 Å². The molecule has 2 aromatic carbocycles. The fourth-order valence-corrected chi connectivity index (χ4v) is 2.33. The van der Waals surface area contributed by atoms with Crippen LogP contribution in [0.3, 0.4) is 0 Å². The van der Waals surface area contributed by atoms with E-state index in [4.69, 9.17) is 25.8 Å². The van der Waals surface area contributed by atoms with Crippen LogP contribution >= 0.6 is 11.6 Å². The van der Waals surface area contributed by atoms with E-state index in [-0.39, 0.29) is 5.78 Å². The number of halogens is 1. The zero-order valence-electron chi connectivity index (χ0n) is 14.7. The molecule has 6 heteroatoms. The van der Waals surface area contributed by atoms with Crippen LogP contribution in [0.5, 0.6) is 11.5 Å². The number of hydrogen-bond acceptors (Lipinski definition) is 5. The van der Waals surface area contributed by atoms with Crippen molar-refractivity contribution in [2.75, 3.05) is 14.2 Å². The summed E-state index contributed by atoms with van der Waals surface area (Å²) in [6.45, 7) is 1.53. The number of ketones is 1. The van der Waals surface area contributed by atoms with Crippen molar-refractivity contribution < 1.29 is 23.8 Å². The van der Waals surface area contributed by atoms with Gasteiger partial charge in [-0.2, -0.15) is 0 Å². The Labute approximate surface area is 157 Å². The van der Waals surface area contributed by atoms with E-state index in [1.165, 1.54) is 13.0 Å². The van der Waals surface area contributed by atoms with Crippen molar-refractivity contribution in [2.45, 2.75) is 13.0 Å². The number of ether oxygens (including phenoxy) is 3. The summed E-state index contributed by atoms with van der Waals surface area (Å²) >= 11 is 5.80. The highest BCUT2D eigenvalue weighted by molar-refractivity contribution is 6.30. The van der Waals surface area contributed by atoms with Crippen LogP contribution in [-0.4, -0.2) is 32.1 Å². The Morgan fingerprint density at radius 1 is 1.00 bits per heavy atom. The van der Waals surface area contributed by atoms with Crippen LogP contribution in [0.2, 0.25) is 5.02 Å². The molecule has 0 aliphatic rings. The highest BCUT2D eigenvalue weighted by Gasteiger charge is 2.18. The number of benzene rings is 2. The third-order valence-electron chi connectivity index (χ3n) is 3.58. The van der Waals surface area contributed by atoms with E-state index in [1.54, 1.807) is 62.8 Å². The largest absolute Gasteiger partial charge is 0.497 e. The smallest absolute Gasteiger partial charge is 0.331 e. The number of rotatable bonds is 7. The zero-order valence-corrected chi connectivity index (χ0v) is 15.4. The van der Waals surface area contributed by atoms with Gasteiger partial charge in [-0.1, -0.05) is 11.6 Å². The molecule has 0 spiro atoms. The molecule has 1 atom stereocenters. The fourth-order valence-electron chi connectivity index (χ4n) is 2.21. The van der Waals surface area contributed by atoms with E-state index in [0.29, 0.717) is 27.6 Å². The Hall–Kier alpha value is -2.79. The Morgan fingerprint density at radius 3 is 2.12 bits per heavy atom. The summed E-state index contributed by atoms with van der Waals surface area (Å²) in [5, 5.41) is 0.530. The summed E-state index contributed by atoms with van der Waals surface area (Å²) in [5.41, 5.74) is 1.13. The van der Waals surface area contributed by atoms with Gasteiger partial charge in [-0.3, -0.25) is 4.79 Å². The van der Waals surface area contributed by atoms with Crippen molar-refractivity contribution in [3.05, 3.63) is 64.7 Å². The lowest BCUT2D eigenvalue weighted by Crippen LogP contribution is -2.23. The van der Waals surface area contributed by atoms with Crippen molar-refractivity contribution in [3.63, 3.8) is 0 Å². The number of esters is 1. The van der Waals surface area contributed by atoms with E-state index in [2.05, 4.69) is 0 Å². The van der Waals surface area contributed by atoms with Gasteiger partial charge in [0.2, 0.25) is 5.78 Å². The van der Waals surface area contributed by atoms with E-state index in [9.17, 15) is 9.59 Å². The molecule has 0 saturated carbocycles. The normalized spacial score (nSPS) is 11.8. The van der Waals surface area contributed by atoms with Gasteiger partial charge in [0.1, 0.15) is 11.5 Å². The minimum Gasteiger partial charge on any atom is -0.497 e. The van der Waals surface area contributed by atoms with Crippen molar-refractivity contribution in [1.29, 1.82) is 0 Å². The number of carbonyl (C=O) groups excluding carboxylic acids is 2. The second-order valence-corrected chi connectivity index (χ2v) is 5.87. The lowest BCUT2D eigenvalue weighted by molar-refractivity contribution is -0.140. The van der Waals surface area contributed by atoms with Gasteiger partial charge < -0.3 is 14.2 Å². The summed E-state index contributed by atoms with van der Waals surface area (Å²) in [4.78, 5) is 24.2. The monoisotopic (exact) mass is 374 g/mol. The summed E-state index contributed by atoms with van der Waals surface area (Å²) in [5.74, 6) is 0.278. The maximum atomic E-state index is 12.3. The van der Waals surface area contributed by atoms with Crippen LogP contribution < -0.4 is 9.47 Å². The molecule has 0 bridgehead atoms. The molecule has 0 unspecified atom stereocenters. The summed E-state index contributed by atoms with van der Waals surface area (Å²) in [7, 11) is 3.08. The number of carbonyl (C=O) groups is 2. The number of Topliss-reactive ketones (excluding diaryl/α,β-unsaturated/α-hetero) is 1. The molecule has 0 radical (unpaired) electrons. The quantitative estimate of drug-likeness (QED) is 0.413. The van der Waals surface area contributed by atoms with Crippen LogP contribution in [0.4, 0.5) is 0 Å². The van der Waals surface area contributed by atoms with E-state index >= 15 is 0 Å². The first-order chi connectivity index (χ1) is 12.4. The Bertz CT molecular complexity index is 789. The minimum absolute atomic E-state index is 0.300. The second kappa shape index (κ2) is 9.06. The van der Waals surface area contributed by atoms with Crippen LogP contribution in [0.1, 0.15) is 22.8 Å². The summed E-state index contributed by atoms with van der Waals surface area (Å²) in [6.07, 6.45) is 1.90. The van der Waals surface area contributed by atoms with Crippen LogP contribution in [0.25, 0.3) is 6.08 Å². The summed E-state index contributed by atoms with van der Waals surface area (Å²) in [6, 6.07) is 11.6. The molecule has 0 aliphatic carbocycles. The first-order valence-electron chi connectivity index (χ1n) is 7.84. The van der Waals surface area contributed by atoms with Crippen molar-refractivity contribution >= 4 is 29.4 Å². The molecule has 0 amide bonds. The second-order valence-electron chi connectivity index (χ2n) is 5.43. The molecule has 136 valence electrons. The molecule has 0 aromatic heterocycles. The predicted molar refractivity (Wildman–Crippen MR) is 99.9 cm³/mol. The first kappa shape index (κ1) is 19.5. The molecule has 5 nitrogen and oxygen atoms in total. The molecule has 0 saturated heterocycles. The van der Waals surface area contributed by atoms with Crippen molar-refractivity contribution in [1.82, 2.24) is 0 Å². The average Bonchev–Trinajstić information content (AvgIpc) is 2.66. The lowest BCUT2D eigenvalue weighted by atomic mass is 10.1. The van der Waals surface area contributed by atoms with Gasteiger partial charge in [0.05, 0.1) is 14.2 Å². The molecule has 0 N–H and O–H groups in total. The van der Waals surface area contributed by atoms with Gasteiger partial charge in [0.25, 0.3) is 0 Å². The van der Waals surface area contributed by atoms with E-state index < -0.39 is 12.1 Å². The molecule has 2 aromatic rings. The minimum atomic E-state index is -0.909. The van der Waals surface area contributed by atoms with E-state index in [1.807, 2.05) is 0 Å². The zero-order chi connectivity index (χ0) is 19.1. The first-order valence-corrected chi connectivity index (χ1v) is 8.22. The maximum absolute atomic E-state index is 12.3. The summed E-state index contributed by atoms with van der Waals surface area (Å²) < 4.78 is 15.5. The highest BCUT2D eigenvalue weighted by atomic mass is 35.5. The molecular formula is C20H19ClO5. The average molecular weight is 375 g/mol. The molecule has 0 heterocycles. The molecule has 0 aliphatic heterocycles. The van der Waals surface area contributed by atoms with Crippen LogP contribution in [-0.2, 0) is 9.53 Å². The fraction of sp³-hybridized carbons (Fsp3) is 0.200. The predicted octanol–water partition coefficient (Wildman–Crippen LogP) is 4.19. The number of methoxy groups -OCH3 is 2. The van der Waals surface area contributed by atoms with Gasteiger partial charge >= 0.3 is 5.97 Å². The third kappa shape index (κ3) is 5.36. The Kier molecular flexibility index (Phi) is 6.81. The van der Waals surface area contributed by atoms with Gasteiger partial charge in [-0.15, -0.1) is 0 Å². The van der Waals surface area contributed by atoms with Gasteiger partial charge in [-0.05, 0) is 55.0 Å². The SMILES string of the molecule is COc1cc(/C=C/C(=O)O[C@H](C)C(=O)c2ccc(Cl)cc2)cc(OC)c1. The Balaban J connectivity index is 2.02. The van der Waals surface area contributed by atoms with Gasteiger partial charge in [0.15, 0.2) is 6.10 Å². The van der Waals surface area contributed by atoms with Crippen molar-refractivity contribution in [2.24, 2.45) is 0 Å². The van der Waals surface area contributed by atoms with E-state index in [0.717, 1.165) is 0 Å². The van der Waals surface area contributed by atoms with Crippen LogP contribution in [0, 0.1) is 0 Å². The van der Waals surface area contributed by atoms with Gasteiger partial charge in [0, 0.05) is 22.7 Å². The van der Waals surface area contributed by atoms with Gasteiger partial charge in [-0.25, -0.2) is 4.79 Å².